The molecule has 10 heteroatoms. The molecule has 4 aromatic rings. The zero-order chi connectivity index (χ0) is 23.0. The van der Waals surface area contributed by atoms with Crippen LogP contribution in [0.5, 0.6) is 0 Å². The van der Waals surface area contributed by atoms with Crippen molar-refractivity contribution in [2.45, 2.75) is 6.18 Å². The zero-order valence-corrected chi connectivity index (χ0v) is 20.2. The van der Waals surface area contributed by atoms with E-state index >= 15 is 0 Å². The molecule has 3 aromatic carbocycles. The van der Waals surface area contributed by atoms with Crippen molar-refractivity contribution in [3.8, 4) is 11.1 Å². The monoisotopic (exact) mass is 478 g/mol. The number of anilines is 1. The molecule has 0 bridgehead atoms. The van der Waals surface area contributed by atoms with Crippen LogP contribution in [0, 0.1) is 0 Å². The molecular weight excluding hydrogens is 460 g/mol. The van der Waals surface area contributed by atoms with Crippen molar-refractivity contribution in [3.05, 3.63) is 89.6 Å². The van der Waals surface area contributed by atoms with E-state index < -0.39 is 23.6 Å². The third-order valence-corrected chi connectivity index (χ3v) is 5.20. The maximum absolute atomic E-state index is 13.0. The van der Waals surface area contributed by atoms with Crippen molar-refractivity contribution in [2.75, 3.05) is 5.32 Å². The SMILES string of the molecule is Cn1c(C(=O)[O-])cc2cc(NC(=O)c3ccccc3-c3ccc(C(F)(F)F)cc3)ccc21.O.[Na+]. The van der Waals surface area contributed by atoms with Gasteiger partial charge in [-0.2, -0.15) is 13.2 Å². The van der Waals surface area contributed by atoms with Gasteiger partial charge in [0.15, 0.2) is 0 Å². The molecular formula is C24H18F3N2NaO4. The number of carbonyl (C=O) groups is 2. The number of nitrogens with zero attached hydrogens (tertiary/aromatic N) is 1. The quantitative estimate of drug-likeness (QED) is 0.436. The van der Waals surface area contributed by atoms with Gasteiger partial charge in [-0.25, -0.2) is 0 Å². The molecule has 0 spiro atoms. The molecule has 170 valence electrons. The molecule has 4 rings (SSSR count). The summed E-state index contributed by atoms with van der Waals surface area (Å²) >= 11 is 0. The number of aromatic nitrogens is 1. The van der Waals surface area contributed by atoms with Gasteiger partial charge in [0.05, 0.1) is 17.2 Å². The summed E-state index contributed by atoms with van der Waals surface area (Å²) in [4.78, 5) is 24.2. The van der Waals surface area contributed by atoms with E-state index in [1.165, 1.54) is 22.8 Å². The van der Waals surface area contributed by atoms with Gasteiger partial charge < -0.3 is 25.3 Å². The molecule has 0 fully saturated rings. The van der Waals surface area contributed by atoms with Crippen molar-refractivity contribution in [2.24, 2.45) is 7.05 Å². The Bertz CT molecular complexity index is 1350. The van der Waals surface area contributed by atoms with E-state index in [4.69, 9.17) is 0 Å². The number of alkyl halides is 3. The van der Waals surface area contributed by atoms with Crippen LogP contribution in [0.1, 0.15) is 26.4 Å². The van der Waals surface area contributed by atoms with E-state index in [9.17, 15) is 27.9 Å². The van der Waals surface area contributed by atoms with E-state index in [0.29, 0.717) is 27.7 Å². The van der Waals surface area contributed by atoms with Crippen LogP contribution in [0.4, 0.5) is 18.9 Å². The van der Waals surface area contributed by atoms with E-state index in [-0.39, 0.29) is 46.3 Å². The normalized spacial score (nSPS) is 10.8. The topological polar surface area (TPSA) is 106 Å². The number of aryl methyl sites for hydroxylation is 1. The number of carbonyl (C=O) groups excluding carboxylic acids is 2. The molecule has 34 heavy (non-hydrogen) atoms. The van der Waals surface area contributed by atoms with Gasteiger partial charge in [0.2, 0.25) is 0 Å². The number of benzene rings is 3. The average Bonchev–Trinajstić information content (AvgIpc) is 3.09. The molecule has 3 N–H and O–H groups in total. The van der Waals surface area contributed by atoms with Gasteiger partial charge in [0, 0.05) is 29.2 Å². The van der Waals surface area contributed by atoms with Crippen molar-refractivity contribution in [3.63, 3.8) is 0 Å². The largest absolute Gasteiger partial charge is 1.00 e. The second-order valence-corrected chi connectivity index (χ2v) is 7.22. The van der Waals surface area contributed by atoms with Gasteiger partial charge in [0.25, 0.3) is 5.91 Å². The molecule has 1 aromatic heterocycles. The average molecular weight is 478 g/mol. The minimum atomic E-state index is -4.44. The third kappa shape index (κ3) is 5.34. The van der Waals surface area contributed by atoms with E-state index in [2.05, 4.69) is 5.32 Å². The summed E-state index contributed by atoms with van der Waals surface area (Å²) in [5, 5.41) is 14.6. The second kappa shape index (κ2) is 10.4. The van der Waals surface area contributed by atoms with Gasteiger partial charge in [-0.3, -0.25) is 4.79 Å². The van der Waals surface area contributed by atoms with Gasteiger partial charge in [-0.15, -0.1) is 0 Å². The van der Waals surface area contributed by atoms with Crippen molar-refractivity contribution in [1.29, 1.82) is 0 Å². The number of rotatable bonds is 4. The Morgan fingerprint density at radius 1 is 0.941 bits per heavy atom. The molecule has 0 aliphatic rings. The Morgan fingerprint density at radius 3 is 2.21 bits per heavy atom. The van der Waals surface area contributed by atoms with Crippen LogP contribution < -0.4 is 40.0 Å². The maximum Gasteiger partial charge on any atom is 1.00 e. The summed E-state index contributed by atoms with van der Waals surface area (Å²) in [7, 11) is 1.60. The van der Waals surface area contributed by atoms with Gasteiger partial charge in [-0.1, -0.05) is 30.3 Å². The first-order valence-electron chi connectivity index (χ1n) is 9.54. The van der Waals surface area contributed by atoms with Gasteiger partial charge >= 0.3 is 35.7 Å². The molecule has 0 unspecified atom stereocenters. The van der Waals surface area contributed by atoms with Crippen LogP contribution in [0.2, 0.25) is 0 Å². The summed E-state index contributed by atoms with van der Waals surface area (Å²) in [6.07, 6.45) is -4.44. The molecule has 1 amide bonds. The number of amides is 1. The van der Waals surface area contributed by atoms with Crippen LogP contribution in [0.15, 0.2) is 72.8 Å². The van der Waals surface area contributed by atoms with Gasteiger partial charge in [-0.05, 0) is 53.6 Å². The number of hydrogen-bond acceptors (Lipinski definition) is 3. The minimum absolute atomic E-state index is 0. The summed E-state index contributed by atoms with van der Waals surface area (Å²) in [6.45, 7) is 0. The predicted molar refractivity (Wildman–Crippen MR) is 116 cm³/mol. The van der Waals surface area contributed by atoms with Crippen LogP contribution in [-0.2, 0) is 13.2 Å². The van der Waals surface area contributed by atoms with Crippen LogP contribution in [0.3, 0.4) is 0 Å². The van der Waals surface area contributed by atoms with Crippen molar-refractivity contribution in [1.82, 2.24) is 4.57 Å². The number of carboxylic acid groups (broad SMARTS) is 1. The minimum Gasteiger partial charge on any atom is -0.543 e. The molecule has 0 radical (unpaired) electrons. The number of aromatic carboxylic acids is 1. The van der Waals surface area contributed by atoms with Gasteiger partial charge in [0.1, 0.15) is 0 Å². The number of hydrogen-bond donors (Lipinski definition) is 1. The number of carboxylic acids is 1. The van der Waals surface area contributed by atoms with E-state index in [0.717, 1.165) is 12.1 Å². The fraction of sp³-hybridized carbons (Fsp3) is 0.0833. The maximum atomic E-state index is 13.0. The van der Waals surface area contributed by atoms with E-state index in [1.54, 1.807) is 49.5 Å². The Balaban J connectivity index is 0.00000204. The molecule has 0 saturated heterocycles. The molecule has 6 nitrogen and oxygen atoms in total. The summed E-state index contributed by atoms with van der Waals surface area (Å²) in [5.74, 6) is -1.75. The third-order valence-electron chi connectivity index (χ3n) is 5.20. The fourth-order valence-corrected chi connectivity index (χ4v) is 3.59. The molecule has 0 saturated carbocycles. The smallest absolute Gasteiger partial charge is 0.543 e. The van der Waals surface area contributed by atoms with Crippen molar-refractivity contribution >= 4 is 28.5 Å². The Labute approximate surface area is 214 Å². The summed E-state index contributed by atoms with van der Waals surface area (Å²) in [6, 6.07) is 17.6. The summed E-state index contributed by atoms with van der Waals surface area (Å²) in [5.41, 5.74) is 1.59. The number of nitrogens with one attached hydrogen (secondary N) is 1. The van der Waals surface area contributed by atoms with E-state index in [1.807, 2.05) is 0 Å². The second-order valence-electron chi connectivity index (χ2n) is 7.22. The molecule has 0 aliphatic heterocycles. The first kappa shape index (κ1) is 27.1. The van der Waals surface area contributed by atoms with Crippen LogP contribution in [0.25, 0.3) is 22.0 Å². The molecule has 0 aliphatic carbocycles. The van der Waals surface area contributed by atoms with Crippen LogP contribution >= 0.6 is 0 Å². The first-order chi connectivity index (χ1) is 15.1. The number of fused-ring (bicyclic) bond motifs is 1. The first-order valence-corrected chi connectivity index (χ1v) is 9.54. The Morgan fingerprint density at radius 2 is 1.59 bits per heavy atom. The molecule has 0 atom stereocenters. The summed E-state index contributed by atoms with van der Waals surface area (Å²) < 4.78 is 40.0. The Kier molecular flexibility index (Phi) is 8.33. The standard InChI is InChI=1S/C24H17F3N2O3.Na.H2O/c1-29-20-11-10-17(12-15(20)13-21(29)23(31)32)28-22(30)19-5-3-2-4-18(19)14-6-8-16(9-7-14)24(25,26)27;;/h2-13H,1H3,(H,28,30)(H,31,32);;1H2/q;+1;/p-1. The van der Waals surface area contributed by atoms with Crippen LogP contribution in [-0.4, -0.2) is 21.9 Å². The number of halogens is 3. The fourth-order valence-electron chi connectivity index (χ4n) is 3.59. The Hall–Kier alpha value is -3.11. The zero-order valence-electron chi connectivity index (χ0n) is 18.2. The predicted octanol–water partition coefficient (Wildman–Crippen LogP) is 0.659. The van der Waals surface area contributed by atoms with Crippen molar-refractivity contribution < 1.29 is 62.9 Å². The molecule has 1 heterocycles.